The van der Waals surface area contributed by atoms with E-state index in [1.165, 1.54) is 0 Å². The van der Waals surface area contributed by atoms with Crippen LogP contribution in [0.1, 0.15) is 31.7 Å². The molecule has 0 heterocycles. The number of hydrogen-bond donors (Lipinski definition) is 2. The van der Waals surface area contributed by atoms with Crippen molar-refractivity contribution in [3.8, 4) is 0 Å². The van der Waals surface area contributed by atoms with Crippen molar-refractivity contribution in [3.05, 3.63) is 23.8 Å². The molecule has 0 saturated heterocycles. The zero-order valence-electron chi connectivity index (χ0n) is 11.9. The average molecular weight is 314 g/mol. The third-order valence-electron chi connectivity index (χ3n) is 3.80. The van der Waals surface area contributed by atoms with E-state index in [0.29, 0.717) is 22.3 Å². The first-order chi connectivity index (χ1) is 9.46. The molecule has 2 rings (SSSR count). The summed E-state index contributed by atoms with van der Waals surface area (Å²) in [5.41, 5.74) is 7.03. The standard InChI is InChI=1S/C14H22N2O2S2/c1-3-10-4-5-11(15)8-14(10)20(17,18)16-12-6-7-13(9-12)19-2/h4-5,8,12-13,16H,3,6-7,9,15H2,1-2H3. The molecule has 0 amide bonds. The van der Waals surface area contributed by atoms with Crippen molar-refractivity contribution in [2.24, 2.45) is 0 Å². The van der Waals surface area contributed by atoms with Crippen LogP contribution in [0.3, 0.4) is 0 Å². The molecule has 1 aliphatic rings. The summed E-state index contributed by atoms with van der Waals surface area (Å²) in [6, 6.07) is 5.14. The molecular weight excluding hydrogens is 292 g/mol. The maximum atomic E-state index is 12.5. The third kappa shape index (κ3) is 3.48. The second-order valence-corrected chi connectivity index (χ2v) is 8.03. The van der Waals surface area contributed by atoms with Gasteiger partial charge in [-0.15, -0.1) is 0 Å². The molecule has 1 aromatic rings. The number of nitrogens with one attached hydrogen (secondary N) is 1. The first-order valence-corrected chi connectivity index (χ1v) is 9.67. The summed E-state index contributed by atoms with van der Waals surface area (Å²) in [7, 11) is -3.48. The Morgan fingerprint density at radius 1 is 1.40 bits per heavy atom. The summed E-state index contributed by atoms with van der Waals surface area (Å²) < 4.78 is 27.9. The molecule has 0 aliphatic heterocycles. The Labute approximate surface area is 125 Å². The van der Waals surface area contributed by atoms with Crippen LogP contribution in [0, 0.1) is 0 Å². The van der Waals surface area contributed by atoms with Gasteiger partial charge in [0.15, 0.2) is 0 Å². The van der Waals surface area contributed by atoms with Gasteiger partial charge in [0.2, 0.25) is 10.0 Å². The Bertz CT molecular complexity index is 573. The first kappa shape index (κ1) is 15.7. The molecule has 20 heavy (non-hydrogen) atoms. The van der Waals surface area contributed by atoms with Crippen LogP contribution in [0.4, 0.5) is 5.69 Å². The fraction of sp³-hybridized carbons (Fsp3) is 0.571. The highest BCUT2D eigenvalue weighted by atomic mass is 32.2. The fourth-order valence-electron chi connectivity index (χ4n) is 2.66. The Morgan fingerprint density at radius 2 is 2.15 bits per heavy atom. The molecule has 6 heteroatoms. The van der Waals surface area contributed by atoms with Gasteiger partial charge in [-0.3, -0.25) is 0 Å². The summed E-state index contributed by atoms with van der Waals surface area (Å²) >= 11 is 1.81. The van der Waals surface area contributed by atoms with Gasteiger partial charge in [0.25, 0.3) is 0 Å². The number of anilines is 1. The van der Waals surface area contributed by atoms with Crippen molar-refractivity contribution in [1.29, 1.82) is 0 Å². The maximum absolute atomic E-state index is 12.5. The topological polar surface area (TPSA) is 72.2 Å². The zero-order valence-corrected chi connectivity index (χ0v) is 13.6. The highest BCUT2D eigenvalue weighted by Gasteiger charge is 2.29. The van der Waals surface area contributed by atoms with E-state index in [1.54, 1.807) is 18.2 Å². The lowest BCUT2D eigenvalue weighted by molar-refractivity contribution is 0.551. The molecule has 3 N–H and O–H groups in total. The van der Waals surface area contributed by atoms with Crippen molar-refractivity contribution in [3.63, 3.8) is 0 Å². The van der Waals surface area contributed by atoms with Gasteiger partial charge in [-0.05, 0) is 49.6 Å². The van der Waals surface area contributed by atoms with E-state index in [4.69, 9.17) is 5.73 Å². The van der Waals surface area contributed by atoms with Crippen molar-refractivity contribution >= 4 is 27.5 Å². The number of rotatable bonds is 5. The molecule has 2 unspecified atom stereocenters. The van der Waals surface area contributed by atoms with E-state index in [1.807, 2.05) is 18.7 Å². The van der Waals surface area contributed by atoms with E-state index in [2.05, 4.69) is 11.0 Å². The minimum atomic E-state index is -3.48. The maximum Gasteiger partial charge on any atom is 0.241 e. The van der Waals surface area contributed by atoms with E-state index >= 15 is 0 Å². The van der Waals surface area contributed by atoms with Crippen LogP contribution in [0.15, 0.2) is 23.1 Å². The van der Waals surface area contributed by atoms with Crippen molar-refractivity contribution in [1.82, 2.24) is 4.72 Å². The van der Waals surface area contributed by atoms with Crippen LogP contribution >= 0.6 is 11.8 Å². The summed E-state index contributed by atoms with van der Waals surface area (Å²) in [5, 5.41) is 0.564. The van der Waals surface area contributed by atoms with Gasteiger partial charge in [-0.2, -0.15) is 11.8 Å². The van der Waals surface area contributed by atoms with Gasteiger partial charge in [0.05, 0.1) is 4.90 Å². The van der Waals surface area contributed by atoms with Gasteiger partial charge < -0.3 is 5.73 Å². The number of benzene rings is 1. The number of sulfonamides is 1. The number of thioether (sulfide) groups is 1. The molecule has 1 saturated carbocycles. The molecule has 1 aromatic carbocycles. The lowest BCUT2D eigenvalue weighted by Crippen LogP contribution is -2.33. The molecule has 1 aliphatic carbocycles. The highest BCUT2D eigenvalue weighted by Crippen LogP contribution is 2.29. The summed E-state index contributed by atoms with van der Waals surface area (Å²) in [5.74, 6) is 0. The molecule has 0 aromatic heterocycles. The minimum Gasteiger partial charge on any atom is -0.399 e. The summed E-state index contributed by atoms with van der Waals surface area (Å²) in [4.78, 5) is 0.326. The van der Waals surface area contributed by atoms with Crippen molar-refractivity contribution < 1.29 is 8.42 Å². The predicted molar refractivity (Wildman–Crippen MR) is 85.5 cm³/mol. The van der Waals surface area contributed by atoms with Gasteiger partial charge in [-0.25, -0.2) is 13.1 Å². The number of aryl methyl sites for hydroxylation is 1. The van der Waals surface area contributed by atoms with Gasteiger partial charge in [0.1, 0.15) is 0 Å². The number of nitrogens with two attached hydrogens (primary N) is 1. The van der Waals surface area contributed by atoms with Crippen LogP contribution in [0.25, 0.3) is 0 Å². The van der Waals surface area contributed by atoms with Crippen LogP contribution in [0.2, 0.25) is 0 Å². The molecule has 1 fully saturated rings. The zero-order chi connectivity index (χ0) is 14.8. The molecule has 4 nitrogen and oxygen atoms in total. The second kappa shape index (κ2) is 6.37. The third-order valence-corrected chi connectivity index (χ3v) is 6.50. The largest absolute Gasteiger partial charge is 0.399 e. The first-order valence-electron chi connectivity index (χ1n) is 6.89. The lowest BCUT2D eigenvalue weighted by atomic mass is 10.1. The lowest BCUT2D eigenvalue weighted by Gasteiger charge is -2.16. The molecule has 0 radical (unpaired) electrons. The average Bonchev–Trinajstić information content (AvgIpc) is 2.85. The van der Waals surface area contributed by atoms with Crippen LogP contribution in [-0.4, -0.2) is 26.0 Å². The fourth-order valence-corrected chi connectivity index (χ4v) is 5.08. The van der Waals surface area contributed by atoms with Gasteiger partial charge >= 0.3 is 0 Å². The second-order valence-electron chi connectivity index (χ2n) is 5.21. The van der Waals surface area contributed by atoms with E-state index in [9.17, 15) is 8.42 Å². The number of nitrogen functional groups attached to an aromatic ring is 1. The Morgan fingerprint density at radius 3 is 2.75 bits per heavy atom. The molecule has 0 bridgehead atoms. The van der Waals surface area contributed by atoms with Gasteiger partial charge in [-0.1, -0.05) is 13.0 Å². The van der Waals surface area contributed by atoms with Crippen LogP contribution in [0.5, 0.6) is 0 Å². The van der Waals surface area contributed by atoms with Crippen LogP contribution < -0.4 is 10.5 Å². The van der Waals surface area contributed by atoms with Crippen LogP contribution in [-0.2, 0) is 16.4 Å². The van der Waals surface area contributed by atoms with Crippen molar-refractivity contribution in [2.75, 3.05) is 12.0 Å². The van der Waals surface area contributed by atoms with E-state index < -0.39 is 10.0 Å². The Kier molecular flexibility index (Phi) is 4.99. The summed E-state index contributed by atoms with van der Waals surface area (Å²) in [6.45, 7) is 1.95. The van der Waals surface area contributed by atoms with E-state index in [-0.39, 0.29) is 6.04 Å². The minimum absolute atomic E-state index is 0.0450. The Hall–Kier alpha value is -0.720. The smallest absolute Gasteiger partial charge is 0.241 e. The molecule has 0 spiro atoms. The highest BCUT2D eigenvalue weighted by molar-refractivity contribution is 7.99. The molecular formula is C14H22N2O2S2. The van der Waals surface area contributed by atoms with Crippen molar-refractivity contribution in [2.45, 2.75) is 48.8 Å². The molecule has 2 atom stereocenters. The predicted octanol–water partition coefficient (Wildman–Crippen LogP) is 2.39. The van der Waals surface area contributed by atoms with E-state index in [0.717, 1.165) is 24.8 Å². The quantitative estimate of drug-likeness (QED) is 0.819. The SMILES string of the molecule is CCc1ccc(N)cc1S(=O)(=O)NC1CCC(SC)C1. The summed E-state index contributed by atoms with van der Waals surface area (Å²) in [6.07, 6.45) is 5.65. The van der Waals surface area contributed by atoms with Gasteiger partial charge in [0, 0.05) is 17.0 Å². The molecule has 112 valence electrons. The monoisotopic (exact) mass is 314 g/mol. The number of hydrogen-bond acceptors (Lipinski definition) is 4. The Balaban J connectivity index is 2.20. The normalized spacial score (nSPS) is 23.1.